The van der Waals surface area contributed by atoms with Crippen LogP contribution in [0, 0.1) is 0 Å². The van der Waals surface area contributed by atoms with Gasteiger partial charge in [-0.2, -0.15) is 0 Å². The van der Waals surface area contributed by atoms with Crippen molar-refractivity contribution in [3.8, 4) is 11.5 Å². The Morgan fingerprint density at radius 2 is 1.57 bits per heavy atom. The maximum atomic E-state index is 12.3. The van der Waals surface area contributed by atoms with Gasteiger partial charge in [-0.3, -0.25) is 0 Å². The summed E-state index contributed by atoms with van der Waals surface area (Å²) in [6.07, 6.45) is -4.98. The average Bonchev–Trinajstić information content (AvgIpc) is 2.75. The van der Waals surface area contributed by atoms with E-state index in [4.69, 9.17) is 14.2 Å². The molecule has 1 heterocycles. The highest BCUT2D eigenvalue weighted by molar-refractivity contribution is 5.90. The highest BCUT2D eigenvalue weighted by atomic mass is 16.8. The molecule has 0 aromatic heterocycles. The zero-order chi connectivity index (χ0) is 21.8. The van der Waals surface area contributed by atoms with Crippen LogP contribution < -0.4 is 4.74 Å². The number of phenols is 1. The number of aliphatic hydroxyl groups is 4. The Hall–Kier alpha value is -2.95. The normalized spacial score (nSPS) is 26.5. The van der Waals surface area contributed by atoms with Crippen LogP contribution in [0.3, 0.4) is 0 Å². The van der Waals surface area contributed by atoms with Crippen LogP contribution in [0.4, 0.5) is 0 Å². The number of ether oxygens (including phenoxy) is 3. The number of esters is 1. The maximum absolute atomic E-state index is 12.3. The summed E-state index contributed by atoms with van der Waals surface area (Å²) in [5, 5.41) is 48.0. The Bertz CT molecular complexity index is 909. The molecular weight excluding hydrogens is 396 g/mol. The summed E-state index contributed by atoms with van der Waals surface area (Å²) in [5.41, 5.74) is 1.74. The van der Waals surface area contributed by atoms with Crippen LogP contribution >= 0.6 is 0 Å². The molecule has 1 aliphatic rings. The number of methoxy groups -OCH3 is 1. The van der Waals surface area contributed by atoms with Gasteiger partial charge in [-0.15, -0.1) is 0 Å². The fraction of sp³-hybridized carbons (Fsp3) is 0.286. The molecule has 2 aromatic carbocycles. The fourth-order valence-electron chi connectivity index (χ4n) is 2.82. The van der Waals surface area contributed by atoms with Gasteiger partial charge >= 0.3 is 5.97 Å². The van der Waals surface area contributed by atoms with E-state index in [-0.39, 0.29) is 11.3 Å². The molecule has 3 rings (SSSR count). The molecule has 1 saturated heterocycles. The molecule has 0 spiro atoms. The van der Waals surface area contributed by atoms with Crippen LogP contribution in [0.25, 0.3) is 12.2 Å². The largest absolute Gasteiger partial charge is 0.504 e. The number of hydrogen-bond acceptors (Lipinski definition) is 9. The van der Waals surface area contributed by atoms with E-state index in [1.807, 2.05) is 0 Å². The van der Waals surface area contributed by atoms with Crippen LogP contribution in [-0.4, -0.2) is 69.5 Å². The van der Waals surface area contributed by atoms with E-state index in [1.165, 1.54) is 25.3 Å². The molecular formula is C21H22O9. The van der Waals surface area contributed by atoms with Gasteiger partial charge in [-0.05, 0) is 35.4 Å². The number of hydrogen-bond donors (Lipinski definition) is 5. The highest BCUT2D eigenvalue weighted by Crippen LogP contribution is 2.27. The smallest absolute Gasteiger partial charge is 0.340 e. The first-order valence-electron chi connectivity index (χ1n) is 9.04. The Balaban J connectivity index is 1.64. The van der Waals surface area contributed by atoms with Gasteiger partial charge in [0.1, 0.15) is 18.3 Å². The maximum Gasteiger partial charge on any atom is 0.340 e. The van der Waals surface area contributed by atoms with Gasteiger partial charge in [-0.1, -0.05) is 30.4 Å². The lowest BCUT2D eigenvalue weighted by Crippen LogP contribution is -2.58. The van der Waals surface area contributed by atoms with E-state index < -0.39 is 36.9 Å². The van der Waals surface area contributed by atoms with E-state index in [1.54, 1.807) is 36.4 Å². The van der Waals surface area contributed by atoms with E-state index in [2.05, 4.69) is 0 Å². The van der Waals surface area contributed by atoms with Crippen molar-refractivity contribution in [3.63, 3.8) is 0 Å². The molecule has 1 aliphatic heterocycles. The topological polar surface area (TPSA) is 146 Å². The molecule has 9 nitrogen and oxygen atoms in total. The first-order valence-corrected chi connectivity index (χ1v) is 9.04. The molecule has 0 saturated carbocycles. The van der Waals surface area contributed by atoms with Gasteiger partial charge in [-0.25, -0.2) is 4.79 Å². The molecule has 0 amide bonds. The molecule has 30 heavy (non-hydrogen) atoms. The molecule has 0 aliphatic carbocycles. The van der Waals surface area contributed by atoms with E-state index >= 15 is 0 Å². The number of phenolic OH excluding ortho intramolecular Hbond substituents is 1. The molecule has 0 radical (unpaired) electrons. The lowest BCUT2D eigenvalue weighted by Gasteiger charge is -2.37. The monoisotopic (exact) mass is 418 g/mol. The van der Waals surface area contributed by atoms with Crippen LogP contribution in [0.2, 0.25) is 0 Å². The summed E-state index contributed by atoms with van der Waals surface area (Å²) in [7, 11) is 1.46. The minimum absolute atomic E-state index is 0.0409. The van der Waals surface area contributed by atoms with Crippen LogP contribution in [0.1, 0.15) is 21.5 Å². The van der Waals surface area contributed by atoms with Gasteiger partial charge in [0.2, 0.25) is 6.29 Å². The molecule has 160 valence electrons. The van der Waals surface area contributed by atoms with Crippen molar-refractivity contribution >= 4 is 18.1 Å². The number of aliphatic hydroxyl groups excluding tert-OH is 4. The fourth-order valence-corrected chi connectivity index (χ4v) is 2.82. The Morgan fingerprint density at radius 1 is 0.933 bits per heavy atom. The Labute approximate surface area is 172 Å². The van der Waals surface area contributed by atoms with Gasteiger partial charge in [0.25, 0.3) is 0 Å². The summed E-state index contributed by atoms with van der Waals surface area (Å²) >= 11 is 0. The summed E-state index contributed by atoms with van der Waals surface area (Å²) < 4.78 is 14.9. The molecule has 0 bridgehead atoms. The first-order chi connectivity index (χ1) is 14.3. The highest BCUT2D eigenvalue weighted by Gasteiger charge is 2.45. The minimum atomic E-state index is -1.80. The van der Waals surface area contributed by atoms with Gasteiger partial charge in [0.15, 0.2) is 17.8 Å². The number of aromatic hydroxyl groups is 1. The van der Waals surface area contributed by atoms with Crippen molar-refractivity contribution in [1.29, 1.82) is 0 Å². The predicted molar refractivity (Wildman–Crippen MR) is 104 cm³/mol. The van der Waals surface area contributed by atoms with Crippen molar-refractivity contribution < 1.29 is 44.5 Å². The average molecular weight is 418 g/mol. The van der Waals surface area contributed by atoms with Crippen molar-refractivity contribution in [2.45, 2.75) is 30.9 Å². The van der Waals surface area contributed by atoms with Crippen LogP contribution in [-0.2, 0) is 9.47 Å². The van der Waals surface area contributed by atoms with Crippen molar-refractivity contribution in [2.75, 3.05) is 7.11 Å². The quantitative estimate of drug-likeness (QED) is 0.346. The molecule has 9 heteroatoms. The summed E-state index contributed by atoms with van der Waals surface area (Å²) in [6.45, 7) is 0. The molecule has 5 atom stereocenters. The van der Waals surface area contributed by atoms with E-state index in [0.29, 0.717) is 5.75 Å². The summed E-state index contributed by atoms with van der Waals surface area (Å²) in [4.78, 5) is 12.3. The molecule has 5 N–H and O–H groups in total. The van der Waals surface area contributed by atoms with Crippen LogP contribution in [0.15, 0.2) is 42.5 Å². The lowest BCUT2D eigenvalue weighted by atomic mass is 10.0. The van der Waals surface area contributed by atoms with Gasteiger partial charge in [0.05, 0.1) is 12.7 Å². The lowest BCUT2D eigenvalue weighted by molar-refractivity contribution is -0.327. The second kappa shape index (κ2) is 9.24. The van der Waals surface area contributed by atoms with E-state index in [9.17, 15) is 30.3 Å². The van der Waals surface area contributed by atoms with Crippen molar-refractivity contribution in [3.05, 3.63) is 59.2 Å². The second-order valence-corrected chi connectivity index (χ2v) is 6.66. The predicted octanol–water partition coefficient (Wildman–Crippen LogP) is 0.485. The first kappa shape index (κ1) is 21.8. The van der Waals surface area contributed by atoms with Gasteiger partial charge in [0, 0.05) is 0 Å². The zero-order valence-electron chi connectivity index (χ0n) is 16.0. The second-order valence-electron chi connectivity index (χ2n) is 6.66. The Kier molecular flexibility index (Phi) is 6.70. The summed E-state index contributed by atoms with van der Waals surface area (Å²) in [5.74, 6) is -0.446. The van der Waals surface area contributed by atoms with Crippen LogP contribution in [0.5, 0.6) is 11.5 Å². The number of rotatable bonds is 5. The standard InChI is InChI=1S/C21H22O9/c1-28-15-10-12(6-9-14(15)22)3-2-11-4-7-13(8-5-11)19(26)29-21-18(25)16(23)17(24)20(27)30-21/h2-10,16-18,20-25,27H,1H3. The van der Waals surface area contributed by atoms with Crippen molar-refractivity contribution in [1.82, 2.24) is 0 Å². The molecule has 1 fully saturated rings. The third-order valence-electron chi connectivity index (χ3n) is 4.59. The third kappa shape index (κ3) is 4.78. The molecule has 2 aromatic rings. The van der Waals surface area contributed by atoms with Gasteiger partial charge < -0.3 is 39.7 Å². The molecule has 5 unspecified atom stereocenters. The zero-order valence-corrected chi connectivity index (χ0v) is 16.0. The summed E-state index contributed by atoms with van der Waals surface area (Å²) in [6, 6.07) is 11.2. The number of benzene rings is 2. The number of carbonyl (C=O) groups excluding carboxylic acids is 1. The third-order valence-corrected chi connectivity index (χ3v) is 4.59. The minimum Gasteiger partial charge on any atom is -0.504 e. The SMILES string of the molecule is COc1cc(C=Cc2ccc(C(=O)OC3OC(O)C(O)C(O)C3O)cc2)ccc1O. The Morgan fingerprint density at radius 3 is 2.23 bits per heavy atom. The van der Waals surface area contributed by atoms with E-state index in [0.717, 1.165) is 11.1 Å². The van der Waals surface area contributed by atoms with Crippen molar-refractivity contribution in [2.24, 2.45) is 0 Å². The number of carbonyl (C=O) groups is 1.